The van der Waals surface area contributed by atoms with Gasteiger partial charge in [-0.3, -0.25) is 10.1 Å². The van der Waals surface area contributed by atoms with Crippen molar-refractivity contribution in [2.45, 2.75) is 12.3 Å². The maximum Gasteiger partial charge on any atom is 0.269 e. The SMILES string of the molecule is O=[N+]([O-])c1ccc([C@@H]2C[C@H]3CNC[C@@H]32)cc1. The number of hydrogen-bond acceptors (Lipinski definition) is 3. The number of rotatable bonds is 2. The average molecular weight is 218 g/mol. The third kappa shape index (κ3) is 1.41. The molecule has 3 rings (SSSR count). The van der Waals surface area contributed by atoms with Crippen molar-refractivity contribution in [3.8, 4) is 0 Å². The Labute approximate surface area is 93.8 Å². The first-order valence-electron chi connectivity index (χ1n) is 5.71. The molecule has 1 aliphatic heterocycles. The molecule has 0 amide bonds. The zero-order chi connectivity index (χ0) is 11.1. The largest absolute Gasteiger partial charge is 0.316 e. The maximum atomic E-state index is 10.5. The predicted molar refractivity (Wildman–Crippen MR) is 60.3 cm³/mol. The Bertz CT molecular complexity index is 416. The summed E-state index contributed by atoms with van der Waals surface area (Å²) in [5.41, 5.74) is 1.44. The van der Waals surface area contributed by atoms with Gasteiger partial charge in [-0.2, -0.15) is 0 Å². The second-order valence-electron chi connectivity index (χ2n) is 4.77. The molecule has 0 bridgehead atoms. The van der Waals surface area contributed by atoms with E-state index in [1.54, 1.807) is 12.1 Å². The van der Waals surface area contributed by atoms with Crippen LogP contribution in [-0.2, 0) is 0 Å². The molecule has 1 aromatic carbocycles. The minimum absolute atomic E-state index is 0.184. The Hall–Kier alpha value is -1.42. The summed E-state index contributed by atoms with van der Waals surface area (Å²) in [6.45, 7) is 2.25. The quantitative estimate of drug-likeness (QED) is 0.609. The zero-order valence-corrected chi connectivity index (χ0v) is 8.93. The minimum Gasteiger partial charge on any atom is -0.316 e. The molecule has 2 fully saturated rings. The molecule has 0 spiro atoms. The lowest BCUT2D eigenvalue weighted by Gasteiger charge is -2.40. The van der Waals surface area contributed by atoms with Crippen molar-refractivity contribution in [1.29, 1.82) is 0 Å². The Morgan fingerprint density at radius 2 is 2.00 bits per heavy atom. The van der Waals surface area contributed by atoms with Gasteiger partial charge in [-0.25, -0.2) is 0 Å². The Kier molecular flexibility index (Phi) is 2.17. The number of benzene rings is 1. The van der Waals surface area contributed by atoms with E-state index in [1.807, 2.05) is 12.1 Å². The van der Waals surface area contributed by atoms with Crippen LogP contribution >= 0.6 is 0 Å². The Balaban J connectivity index is 1.78. The van der Waals surface area contributed by atoms with Crippen LogP contribution in [0, 0.1) is 22.0 Å². The highest BCUT2D eigenvalue weighted by atomic mass is 16.6. The lowest BCUT2D eigenvalue weighted by Crippen LogP contribution is -2.33. The first kappa shape index (κ1) is 9.78. The molecule has 1 saturated heterocycles. The van der Waals surface area contributed by atoms with E-state index >= 15 is 0 Å². The van der Waals surface area contributed by atoms with E-state index in [9.17, 15) is 10.1 Å². The summed E-state index contributed by atoms with van der Waals surface area (Å²) in [5, 5.41) is 13.9. The number of non-ortho nitro benzene ring substituents is 1. The van der Waals surface area contributed by atoms with Crippen molar-refractivity contribution >= 4 is 5.69 Å². The predicted octanol–water partition coefficient (Wildman–Crippen LogP) is 1.92. The third-order valence-corrected chi connectivity index (χ3v) is 4.00. The zero-order valence-electron chi connectivity index (χ0n) is 8.93. The molecular weight excluding hydrogens is 204 g/mol. The van der Waals surface area contributed by atoms with E-state index < -0.39 is 0 Å². The van der Waals surface area contributed by atoms with Gasteiger partial charge in [0, 0.05) is 12.1 Å². The van der Waals surface area contributed by atoms with Crippen LogP contribution in [0.5, 0.6) is 0 Å². The highest BCUT2D eigenvalue weighted by Crippen LogP contribution is 2.49. The first-order chi connectivity index (χ1) is 7.75. The number of nitro benzene ring substituents is 1. The van der Waals surface area contributed by atoms with Gasteiger partial charge in [0.05, 0.1) is 4.92 Å². The summed E-state index contributed by atoms with van der Waals surface area (Å²) in [4.78, 5) is 10.2. The van der Waals surface area contributed by atoms with E-state index in [1.165, 1.54) is 12.0 Å². The fourth-order valence-corrected chi connectivity index (χ4v) is 3.01. The van der Waals surface area contributed by atoms with Crippen molar-refractivity contribution in [3.63, 3.8) is 0 Å². The standard InChI is InChI=1S/C12H14N2O2/c15-14(16)10-3-1-8(2-4-10)11-5-9-6-13-7-12(9)11/h1-4,9,11-13H,5-7H2/t9-,11-,12-/m0/s1. The van der Waals surface area contributed by atoms with E-state index in [0.29, 0.717) is 5.92 Å². The van der Waals surface area contributed by atoms with Crippen LogP contribution in [0.2, 0.25) is 0 Å². The monoisotopic (exact) mass is 218 g/mol. The molecule has 0 unspecified atom stereocenters. The Morgan fingerprint density at radius 1 is 1.25 bits per heavy atom. The molecule has 1 heterocycles. The lowest BCUT2D eigenvalue weighted by atomic mass is 9.64. The summed E-state index contributed by atoms with van der Waals surface area (Å²) < 4.78 is 0. The third-order valence-electron chi connectivity index (χ3n) is 4.00. The van der Waals surface area contributed by atoms with Gasteiger partial charge in [-0.1, -0.05) is 12.1 Å². The van der Waals surface area contributed by atoms with Gasteiger partial charge < -0.3 is 5.32 Å². The second-order valence-corrected chi connectivity index (χ2v) is 4.77. The molecule has 4 nitrogen and oxygen atoms in total. The van der Waals surface area contributed by atoms with E-state index in [0.717, 1.165) is 24.9 Å². The first-order valence-corrected chi connectivity index (χ1v) is 5.71. The van der Waals surface area contributed by atoms with Gasteiger partial charge in [-0.05, 0) is 42.8 Å². The molecule has 3 atom stereocenters. The van der Waals surface area contributed by atoms with Crippen LogP contribution in [0.1, 0.15) is 17.9 Å². The van der Waals surface area contributed by atoms with Crippen molar-refractivity contribution in [2.75, 3.05) is 13.1 Å². The summed E-state index contributed by atoms with van der Waals surface area (Å²) in [5.74, 6) is 2.20. The van der Waals surface area contributed by atoms with Crippen molar-refractivity contribution in [1.82, 2.24) is 5.32 Å². The number of fused-ring (bicyclic) bond motifs is 1. The van der Waals surface area contributed by atoms with Crippen LogP contribution in [0.15, 0.2) is 24.3 Å². The van der Waals surface area contributed by atoms with Crippen LogP contribution in [0.3, 0.4) is 0 Å². The van der Waals surface area contributed by atoms with Crippen LogP contribution in [0.25, 0.3) is 0 Å². The van der Waals surface area contributed by atoms with E-state index in [2.05, 4.69) is 5.32 Å². The van der Waals surface area contributed by atoms with Crippen molar-refractivity contribution < 1.29 is 4.92 Å². The average Bonchev–Trinajstić information content (AvgIpc) is 2.61. The molecular formula is C12H14N2O2. The molecule has 4 heteroatoms. The van der Waals surface area contributed by atoms with Gasteiger partial charge in [0.15, 0.2) is 0 Å². The smallest absolute Gasteiger partial charge is 0.269 e. The summed E-state index contributed by atoms with van der Waals surface area (Å²) >= 11 is 0. The molecule has 1 N–H and O–H groups in total. The maximum absolute atomic E-state index is 10.5. The highest BCUT2D eigenvalue weighted by molar-refractivity contribution is 5.36. The van der Waals surface area contributed by atoms with Crippen LogP contribution in [0.4, 0.5) is 5.69 Å². The van der Waals surface area contributed by atoms with Crippen molar-refractivity contribution in [2.24, 2.45) is 11.8 Å². The van der Waals surface area contributed by atoms with E-state index in [-0.39, 0.29) is 10.6 Å². The van der Waals surface area contributed by atoms with Gasteiger partial charge in [0.2, 0.25) is 0 Å². The van der Waals surface area contributed by atoms with Gasteiger partial charge >= 0.3 is 0 Å². The normalized spacial score (nSPS) is 31.9. The molecule has 1 aromatic rings. The fourth-order valence-electron chi connectivity index (χ4n) is 3.01. The molecule has 0 aromatic heterocycles. The summed E-state index contributed by atoms with van der Waals surface area (Å²) in [6.07, 6.45) is 1.23. The molecule has 1 aliphatic carbocycles. The number of nitro groups is 1. The highest BCUT2D eigenvalue weighted by Gasteiger charge is 2.44. The minimum atomic E-state index is -0.343. The van der Waals surface area contributed by atoms with Gasteiger partial charge in [0.1, 0.15) is 0 Å². The molecule has 2 aliphatic rings. The van der Waals surface area contributed by atoms with Gasteiger partial charge in [-0.15, -0.1) is 0 Å². The Morgan fingerprint density at radius 3 is 2.62 bits per heavy atom. The summed E-state index contributed by atoms with van der Waals surface area (Å²) in [7, 11) is 0. The van der Waals surface area contributed by atoms with Crippen molar-refractivity contribution in [3.05, 3.63) is 39.9 Å². The number of hydrogen-bond donors (Lipinski definition) is 1. The number of nitrogens with one attached hydrogen (secondary N) is 1. The summed E-state index contributed by atoms with van der Waals surface area (Å²) in [6, 6.07) is 7.06. The second kappa shape index (κ2) is 3.56. The lowest BCUT2D eigenvalue weighted by molar-refractivity contribution is -0.384. The molecule has 84 valence electrons. The van der Waals surface area contributed by atoms with E-state index in [4.69, 9.17) is 0 Å². The molecule has 1 saturated carbocycles. The van der Waals surface area contributed by atoms with Crippen LogP contribution in [-0.4, -0.2) is 18.0 Å². The van der Waals surface area contributed by atoms with Crippen LogP contribution < -0.4 is 5.32 Å². The fraction of sp³-hybridized carbons (Fsp3) is 0.500. The van der Waals surface area contributed by atoms with Gasteiger partial charge in [0.25, 0.3) is 5.69 Å². The molecule has 16 heavy (non-hydrogen) atoms. The number of nitrogens with zero attached hydrogens (tertiary/aromatic N) is 1. The topological polar surface area (TPSA) is 55.2 Å². The molecule has 0 radical (unpaired) electrons.